The number of aldehydes is 1. The molecule has 2 heterocycles. The molecule has 0 unspecified atom stereocenters. The van der Waals surface area contributed by atoms with Gasteiger partial charge in [0.2, 0.25) is 0 Å². The van der Waals surface area contributed by atoms with E-state index < -0.39 is 0 Å². The van der Waals surface area contributed by atoms with Crippen LogP contribution in [0.2, 0.25) is 0 Å². The highest BCUT2D eigenvalue weighted by Gasteiger charge is 2.19. The lowest BCUT2D eigenvalue weighted by molar-refractivity contribution is 0.111. The summed E-state index contributed by atoms with van der Waals surface area (Å²) < 4.78 is 1.90. The average Bonchev–Trinajstić information content (AvgIpc) is 2.42. The van der Waals surface area contributed by atoms with Crippen molar-refractivity contribution in [2.24, 2.45) is 7.05 Å². The lowest BCUT2D eigenvalue weighted by atomic mass is 10.1. The number of nitrogens with zero attached hydrogens (tertiary/aromatic N) is 3. The zero-order valence-electron chi connectivity index (χ0n) is 7.95. The van der Waals surface area contributed by atoms with Gasteiger partial charge in [0.15, 0.2) is 12.1 Å². The van der Waals surface area contributed by atoms with Gasteiger partial charge in [-0.05, 0) is 7.05 Å². The smallest absolute Gasteiger partial charge is 0.185 e. The molecule has 4 nitrogen and oxygen atoms in total. The molecule has 0 spiro atoms. The Morgan fingerprint density at radius 1 is 1.46 bits per heavy atom. The Balaban J connectivity index is 2.45. The van der Waals surface area contributed by atoms with E-state index in [2.05, 4.69) is 16.9 Å². The summed E-state index contributed by atoms with van der Waals surface area (Å²) in [6, 6.07) is 0. The summed E-state index contributed by atoms with van der Waals surface area (Å²) in [6.45, 7) is 1.90. The number of carbonyl (C=O) groups is 1. The molecular formula is C9H13N3O. The van der Waals surface area contributed by atoms with Crippen molar-refractivity contribution in [1.29, 1.82) is 0 Å². The van der Waals surface area contributed by atoms with Crippen LogP contribution in [0.5, 0.6) is 0 Å². The van der Waals surface area contributed by atoms with E-state index in [-0.39, 0.29) is 0 Å². The fraction of sp³-hybridized carbons (Fsp3) is 0.556. The Kier molecular flexibility index (Phi) is 1.92. The second-order valence-electron chi connectivity index (χ2n) is 3.53. The summed E-state index contributed by atoms with van der Waals surface area (Å²) in [5.41, 5.74) is 2.26. The third kappa shape index (κ3) is 1.27. The predicted octanol–water partition coefficient (Wildman–Crippen LogP) is 0.220. The normalized spacial score (nSPS) is 17.1. The largest absolute Gasteiger partial charge is 0.329 e. The van der Waals surface area contributed by atoms with Crippen molar-refractivity contribution in [3.63, 3.8) is 0 Å². The molecule has 2 rings (SSSR count). The van der Waals surface area contributed by atoms with E-state index in [4.69, 9.17) is 0 Å². The maximum atomic E-state index is 10.6. The Labute approximate surface area is 77.2 Å². The number of rotatable bonds is 1. The van der Waals surface area contributed by atoms with Crippen molar-refractivity contribution >= 4 is 6.29 Å². The fourth-order valence-corrected chi connectivity index (χ4v) is 1.79. The van der Waals surface area contributed by atoms with Gasteiger partial charge >= 0.3 is 0 Å². The summed E-state index contributed by atoms with van der Waals surface area (Å²) in [5.74, 6) is 0.542. The van der Waals surface area contributed by atoms with Crippen LogP contribution in [0, 0.1) is 0 Å². The first kappa shape index (κ1) is 8.44. The number of hydrogen-bond donors (Lipinski definition) is 0. The number of aromatic nitrogens is 2. The van der Waals surface area contributed by atoms with E-state index >= 15 is 0 Å². The van der Waals surface area contributed by atoms with E-state index in [1.54, 1.807) is 0 Å². The molecule has 1 aliphatic heterocycles. The second kappa shape index (κ2) is 2.96. The lowest BCUT2D eigenvalue weighted by Gasteiger charge is -2.21. The first-order valence-corrected chi connectivity index (χ1v) is 4.40. The summed E-state index contributed by atoms with van der Waals surface area (Å²) in [7, 11) is 3.97. The molecule has 0 radical (unpaired) electrons. The van der Waals surface area contributed by atoms with Gasteiger partial charge in [-0.15, -0.1) is 0 Å². The van der Waals surface area contributed by atoms with Crippen LogP contribution in [-0.2, 0) is 20.0 Å². The molecule has 0 aliphatic carbocycles. The highest BCUT2D eigenvalue weighted by Crippen LogP contribution is 2.17. The Morgan fingerprint density at radius 3 is 2.92 bits per heavy atom. The van der Waals surface area contributed by atoms with Gasteiger partial charge in [-0.2, -0.15) is 0 Å². The van der Waals surface area contributed by atoms with Crippen molar-refractivity contribution < 1.29 is 4.79 Å². The van der Waals surface area contributed by atoms with E-state index in [1.807, 2.05) is 11.6 Å². The van der Waals surface area contributed by atoms with E-state index in [0.29, 0.717) is 5.82 Å². The van der Waals surface area contributed by atoms with Crippen LogP contribution in [0.4, 0.5) is 0 Å². The standard InChI is InChI=1S/C9H13N3O/c1-11-4-3-8-7(5-11)10-9(6-13)12(8)2/h6H,3-5H2,1-2H3. The maximum absolute atomic E-state index is 10.6. The molecule has 0 atom stereocenters. The number of fused-ring (bicyclic) bond motifs is 1. The van der Waals surface area contributed by atoms with E-state index in [9.17, 15) is 4.79 Å². The molecule has 0 fully saturated rings. The number of likely N-dealkylation sites (N-methyl/N-ethyl adjacent to an activating group) is 1. The molecule has 0 bridgehead atoms. The number of imidazole rings is 1. The van der Waals surface area contributed by atoms with Crippen LogP contribution < -0.4 is 0 Å². The van der Waals surface area contributed by atoms with Crippen LogP contribution in [0.25, 0.3) is 0 Å². The van der Waals surface area contributed by atoms with Gasteiger partial charge < -0.3 is 9.47 Å². The first-order chi connectivity index (χ1) is 6.22. The third-order valence-electron chi connectivity index (χ3n) is 2.59. The van der Waals surface area contributed by atoms with Crippen LogP contribution >= 0.6 is 0 Å². The van der Waals surface area contributed by atoms with Crippen LogP contribution in [0.15, 0.2) is 0 Å². The van der Waals surface area contributed by atoms with Gasteiger partial charge in [-0.25, -0.2) is 4.98 Å². The fourth-order valence-electron chi connectivity index (χ4n) is 1.79. The Morgan fingerprint density at radius 2 is 2.23 bits per heavy atom. The molecule has 0 amide bonds. The average molecular weight is 179 g/mol. The lowest BCUT2D eigenvalue weighted by Crippen LogP contribution is -2.27. The van der Waals surface area contributed by atoms with Gasteiger partial charge in [0.05, 0.1) is 5.69 Å². The molecule has 1 aromatic rings. The van der Waals surface area contributed by atoms with Gasteiger partial charge in [0, 0.05) is 32.3 Å². The molecule has 0 saturated carbocycles. The minimum atomic E-state index is 0.542. The number of hydrogen-bond acceptors (Lipinski definition) is 3. The van der Waals surface area contributed by atoms with Gasteiger partial charge in [0.1, 0.15) is 0 Å². The molecule has 1 aromatic heterocycles. The second-order valence-corrected chi connectivity index (χ2v) is 3.53. The predicted molar refractivity (Wildman–Crippen MR) is 48.6 cm³/mol. The molecule has 70 valence electrons. The van der Waals surface area contributed by atoms with Crippen molar-refractivity contribution in [2.45, 2.75) is 13.0 Å². The SMILES string of the molecule is CN1CCc2c(nc(C=O)n2C)C1. The van der Waals surface area contributed by atoms with Crippen LogP contribution in [0.1, 0.15) is 22.0 Å². The summed E-state index contributed by atoms with van der Waals surface area (Å²) in [4.78, 5) is 17.1. The van der Waals surface area contributed by atoms with E-state index in [0.717, 1.165) is 31.5 Å². The van der Waals surface area contributed by atoms with Crippen molar-refractivity contribution in [3.05, 3.63) is 17.2 Å². The van der Waals surface area contributed by atoms with Gasteiger partial charge in [0.25, 0.3) is 0 Å². The maximum Gasteiger partial charge on any atom is 0.185 e. The quantitative estimate of drug-likeness (QED) is 0.579. The van der Waals surface area contributed by atoms with Crippen LogP contribution in [-0.4, -0.2) is 34.3 Å². The van der Waals surface area contributed by atoms with Crippen molar-refractivity contribution in [3.8, 4) is 0 Å². The first-order valence-electron chi connectivity index (χ1n) is 4.40. The van der Waals surface area contributed by atoms with E-state index in [1.165, 1.54) is 5.69 Å². The van der Waals surface area contributed by atoms with Crippen LogP contribution in [0.3, 0.4) is 0 Å². The summed E-state index contributed by atoms with van der Waals surface area (Å²) in [5, 5.41) is 0. The van der Waals surface area contributed by atoms with Crippen molar-refractivity contribution in [2.75, 3.05) is 13.6 Å². The minimum Gasteiger partial charge on any atom is -0.329 e. The monoisotopic (exact) mass is 179 g/mol. The summed E-state index contributed by atoms with van der Waals surface area (Å²) >= 11 is 0. The molecule has 1 aliphatic rings. The zero-order valence-corrected chi connectivity index (χ0v) is 7.95. The minimum absolute atomic E-state index is 0.542. The highest BCUT2D eigenvalue weighted by atomic mass is 16.1. The molecule has 4 heteroatoms. The Bertz CT molecular complexity index is 343. The molecule has 0 N–H and O–H groups in total. The summed E-state index contributed by atoms with van der Waals surface area (Å²) in [6.07, 6.45) is 1.81. The topological polar surface area (TPSA) is 38.1 Å². The van der Waals surface area contributed by atoms with Crippen molar-refractivity contribution in [1.82, 2.24) is 14.5 Å². The van der Waals surface area contributed by atoms with Gasteiger partial charge in [-0.1, -0.05) is 0 Å². The molecule has 0 saturated heterocycles. The Hall–Kier alpha value is -1.16. The number of carbonyl (C=O) groups excluding carboxylic acids is 1. The highest BCUT2D eigenvalue weighted by molar-refractivity contribution is 5.69. The third-order valence-corrected chi connectivity index (χ3v) is 2.59. The van der Waals surface area contributed by atoms with Gasteiger partial charge in [-0.3, -0.25) is 4.79 Å². The molecule has 13 heavy (non-hydrogen) atoms. The zero-order chi connectivity index (χ0) is 9.42. The molecular weight excluding hydrogens is 166 g/mol. The molecule has 0 aromatic carbocycles.